The average Bonchev–Trinajstić information content (AvgIpc) is 2.30. The monoisotopic (exact) mass is 405 g/mol. The fourth-order valence-corrected chi connectivity index (χ4v) is 4.24. The van der Waals surface area contributed by atoms with Crippen molar-refractivity contribution < 1.29 is 4.74 Å². The zero-order chi connectivity index (χ0) is 14.3. The number of hydrogen-bond donors (Lipinski definition) is 0. The van der Waals surface area contributed by atoms with Gasteiger partial charge in [-0.15, -0.1) is 0 Å². The number of nitrogens with zero attached hydrogens (tertiary/aromatic N) is 1. The highest BCUT2D eigenvalue weighted by atomic mass is 79.9. The minimum Gasteiger partial charge on any atom is -0.495 e. The van der Waals surface area contributed by atoms with Gasteiger partial charge in [0.25, 0.3) is 0 Å². The lowest BCUT2D eigenvalue weighted by Crippen LogP contribution is -2.00. The summed E-state index contributed by atoms with van der Waals surface area (Å²) in [7, 11) is 1.64. The van der Waals surface area contributed by atoms with Gasteiger partial charge in [0.15, 0.2) is 0 Å². The van der Waals surface area contributed by atoms with E-state index < -0.39 is 0 Å². The van der Waals surface area contributed by atoms with E-state index in [0.29, 0.717) is 5.92 Å². The van der Waals surface area contributed by atoms with E-state index in [1.165, 1.54) is 0 Å². The summed E-state index contributed by atoms with van der Waals surface area (Å²) in [5.74, 6) is 1.03. The van der Waals surface area contributed by atoms with Crippen LogP contribution in [0.25, 0.3) is 10.9 Å². The Morgan fingerprint density at radius 3 is 2.42 bits per heavy atom. The van der Waals surface area contributed by atoms with Crippen molar-refractivity contribution in [3.8, 4) is 5.75 Å². The quantitative estimate of drug-likeness (QED) is 0.623. The topological polar surface area (TPSA) is 22.1 Å². The number of rotatable bonds is 2. The number of hydrogen-bond acceptors (Lipinski definition) is 2. The third kappa shape index (κ3) is 2.50. The number of aromatic nitrogens is 1. The molecule has 0 N–H and O–H groups in total. The lowest BCUT2D eigenvalue weighted by atomic mass is 9.99. The lowest BCUT2D eigenvalue weighted by molar-refractivity contribution is 0.417. The molecule has 0 aliphatic rings. The van der Waals surface area contributed by atoms with Gasteiger partial charge in [0.1, 0.15) is 5.75 Å². The molecule has 0 unspecified atom stereocenters. The molecule has 1 heterocycles. The molecular weight excluding hydrogens is 393 g/mol. The number of aryl methyl sites for hydroxylation is 1. The zero-order valence-corrected chi connectivity index (χ0v) is 15.1. The van der Waals surface area contributed by atoms with E-state index in [0.717, 1.165) is 41.9 Å². The number of halogens is 3. The van der Waals surface area contributed by atoms with Crippen LogP contribution in [0.1, 0.15) is 31.0 Å². The van der Waals surface area contributed by atoms with Crippen molar-refractivity contribution in [3.05, 3.63) is 31.3 Å². The second kappa shape index (κ2) is 5.58. The Kier molecular flexibility index (Phi) is 4.43. The molecule has 0 atom stereocenters. The van der Waals surface area contributed by atoms with Crippen LogP contribution in [0.4, 0.5) is 0 Å². The number of fused-ring (bicyclic) bond motifs is 1. The maximum atomic E-state index is 6.61. The van der Waals surface area contributed by atoms with Crippen LogP contribution in [0.5, 0.6) is 5.75 Å². The van der Waals surface area contributed by atoms with E-state index in [-0.39, 0.29) is 0 Å². The molecule has 1 aromatic heterocycles. The molecule has 0 saturated heterocycles. The summed E-state index contributed by atoms with van der Waals surface area (Å²) >= 11 is 13.6. The summed E-state index contributed by atoms with van der Waals surface area (Å²) in [6, 6.07) is 1.93. The van der Waals surface area contributed by atoms with Gasteiger partial charge in [0.2, 0.25) is 0 Å². The summed E-state index contributed by atoms with van der Waals surface area (Å²) < 4.78 is 7.23. The van der Waals surface area contributed by atoms with Gasteiger partial charge in [-0.1, -0.05) is 25.4 Å². The third-order valence-corrected chi connectivity index (χ3v) is 4.65. The number of benzene rings is 1. The molecule has 0 saturated carbocycles. The van der Waals surface area contributed by atoms with Gasteiger partial charge in [0.05, 0.1) is 27.5 Å². The standard InChI is InChI=1S/C14H14Br2ClNO/c1-6(2)10-7(3)18-13-8(15)5-9(16)14(19-4)11(13)12(10)17/h5-6H,1-4H3. The van der Waals surface area contributed by atoms with Crippen molar-refractivity contribution in [1.29, 1.82) is 0 Å². The van der Waals surface area contributed by atoms with Crippen LogP contribution in [0.2, 0.25) is 5.02 Å². The van der Waals surface area contributed by atoms with E-state index in [4.69, 9.17) is 16.3 Å². The molecule has 0 fully saturated rings. The number of ether oxygens (including phenoxy) is 1. The molecule has 2 rings (SSSR count). The molecule has 0 aliphatic heterocycles. The van der Waals surface area contributed by atoms with Crippen molar-refractivity contribution in [1.82, 2.24) is 4.98 Å². The highest BCUT2D eigenvalue weighted by molar-refractivity contribution is 9.11. The Hall–Kier alpha value is -0.320. The molecule has 0 bridgehead atoms. The van der Waals surface area contributed by atoms with E-state index >= 15 is 0 Å². The van der Waals surface area contributed by atoms with Crippen molar-refractivity contribution in [2.45, 2.75) is 26.7 Å². The van der Waals surface area contributed by atoms with Crippen LogP contribution in [-0.4, -0.2) is 12.1 Å². The smallest absolute Gasteiger partial charge is 0.144 e. The molecule has 0 spiro atoms. The fraction of sp³-hybridized carbons (Fsp3) is 0.357. The second-order valence-corrected chi connectivity index (χ2v) is 6.76. The molecule has 5 heteroatoms. The number of pyridine rings is 1. The lowest BCUT2D eigenvalue weighted by Gasteiger charge is -2.17. The fourth-order valence-electron chi connectivity index (χ4n) is 2.30. The predicted octanol–water partition coefficient (Wildman–Crippen LogP) is 5.85. The SMILES string of the molecule is COc1c(Br)cc(Br)c2nc(C)c(C(C)C)c(Cl)c12. The third-order valence-electron chi connectivity index (χ3n) is 3.07. The molecule has 19 heavy (non-hydrogen) atoms. The van der Waals surface area contributed by atoms with Gasteiger partial charge in [-0.05, 0) is 56.3 Å². The highest BCUT2D eigenvalue weighted by Gasteiger charge is 2.20. The van der Waals surface area contributed by atoms with Gasteiger partial charge >= 0.3 is 0 Å². The van der Waals surface area contributed by atoms with Crippen molar-refractivity contribution >= 4 is 54.4 Å². The molecule has 2 aromatic rings. The minimum atomic E-state index is 0.312. The van der Waals surface area contributed by atoms with Crippen LogP contribution in [0.15, 0.2) is 15.0 Å². The first kappa shape index (κ1) is 15.1. The highest BCUT2D eigenvalue weighted by Crippen LogP contribution is 2.44. The van der Waals surface area contributed by atoms with Crippen molar-refractivity contribution in [2.24, 2.45) is 0 Å². The first-order chi connectivity index (χ1) is 8.88. The predicted molar refractivity (Wildman–Crippen MR) is 87.5 cm³/mol. The average molecular weight is 408 g/mol. The molecular formula is C14H14Br2ClNO. The Morgan fingerprint density at radius 2 is 1.89 bits per heavy atom. The molecule has 0 radical (unpaired) electrons. The van der Waals surface area contributed by atoms with Gasteiger partial charge < -0.3 is 4.74 Å². The maximum Gasteiger partial charge on any atom is 0.144 e. The summed E-state index contributed by atoms with van der Waals surface area (Å²) in [5.41, 5.74) is 2.85. The molecule has 0 aliphatic carbocycles. The zero-order valence-electron chi connectivity index (χ0n) is 11.1. The van der Waals surface area contributed by atoms with Gasteiger partial charge in [0, 0.05) is 10.2 Å². The Bertz CT molecular complexity index is 656. The van der Waals surface area contributed by atoms with Gasteiger partial charge in [-0.2, -0.15) is 0 Å². The second-order valence-electron chi connectivity index (χ2n) is 4.68. The van der Waals surface area contributed by atoms with Crippen molar-refractivity contribution in [3.63, 3.8) is 0 Å². The first-order valence-electron chi connectivity index (χ1n) is 5.90. The Morgan fingerprint density at radius 1 is 1.26 bits per heavy atom. The Balaban J connectivity index is 3.01. The molecule has 0 amide bonds. The largest absolute Gasteiger partial charge is 0.495 e. The minimum absolute atomic E-state index is 0.312. The molecule has 102 valence electrons. The van der Waals surface area contributed by atoms with Crippen LogP contribution in [0.3, 0.4) is 0 Å². The summed E-state index contributed by atoms with van der Waals surface area (Å²) in [5, 5.41) is 1.57. The summed E-state index contributed by atoms with van der Waals surface area (Å²) in [6.07, 6.45) is 0. The van der Waals surface area contributed by atoms with E-state index in [1.54, 1.807) is 7.11 Å². The normalized spacial score (nSPS) is 11.4. The van der Waals surface area contributed by atoms with E-state index in [9.17, 15) is 0 Å². The molecule has 2 nitrogen and oxygen atoms in total. The summed E-state index contributed by atoms with van der Waals surface area (Å²) in [4.78, 5) is 4.67. The van der Waals surface area contributed by atoms with Crippen molar-refractivity contribution in [2.75, 3.05) is 7.11 Å². The van der Waals surface area contributed by atoms with Gasteiger partial charge in [-0.3, -0.25) is 4.98 Å². The first-order valence-corrected chi connectivity index (χ1v) is 7.86. The van der Waals surface area contributed by atoms with Gasteiger partial charge in [-0.25, -0.2) is 0 Å². The Labute approximate surface area is 134 Å². The molecule has 1 aromatic carbocycles. The summed E-state index contributed by atoms with van der Waals surface area (Å²) in [6.45, 7) is 6.21. The van der Waals surface area contributed by atoms with Crippen LogP contribution in [-0.2, 0) is 0 Å². The van der Waals surface area contributed by atoms with Crippen LogP contribution >= 0.6 is 43.5 Å². The van der Waals surface area contributed by atoms with Crippen LogP contribution in [0, 0.1) is 6.92 Å². The van der Waals surface area contributed by atoms with Crippen LogP contribution < -0.4 is 4.74 Å². The maximum absolute atomic E-state index is 6.61. The number of methoxy groups -OCH3 is 1. The van der Waals surface area contributed by atoms with E-state index in [2.05, 4.69) is 50.7 Å². The van der Waals surface area contributed by atoms with E-state index in [1.807, 2.05) is 13.0 Å².